The van der Waals surface area contributed by atoms with Gasteiger partial charge in [-0.3, -0.25) is 0 Å². The number of benzene rings is 1. The number of carbonyl (C=O) groups is 1. The number of aromatic nitrogens is 4. The Hall–Kier alpha value is -2.44. The van der Waals surface area contributed by atoms with Crippen LogP contribution in [0.15, 0.2) is 30.3 Å². The molecule has 0 saturated carbocycles. The lowest BCUT2D eigenvalue weighted by Gasteiger charge is -2.11. The summed E-state index contributed by atoms with van der Waals surface area (Å²) < 4.78 is 0. The molecular formula is C10H12N6O. The summed E-state index contributed by atoms with van der Waals surface area (Å²) in [6.07, 6.45) is 0. The number of hydrogen-bond acceptors (Lipinski definition) is 4. The first kappa shape index (κ1) is 11.1. The van der Waals surface area contributed by atoms with E-state index in [1.54, 1.807) is 19.1 Å². The zero-order chi connectivity index (χ0) is 12.1. The molecule has 0 saturated heterocycles. The SMILES string of the molecule is CC(NC(=O)Nc1ccccc1)c1nn[nH]n1. The Kier molecular flexibility index (Phi) is 3.29. The number of tetrazole rings is 1. The van der Waals surface area contributed by atoms with Crippen LogP contribution in [0.5, 0.6) is 0 Å². The van der Waals surface area contributed by atoms with Gasteiger partial charge in [0.2, 0.25) is 0 Å². The molecule has 0 aliphatic rings. The molecule has 1 aromatic heterocycles. The van der Waals surface area contributed by atoms with Crippen molar-refractivity contribution in [1.82, 2.24) is 25.9 Å². The Morgan fingerprint density at radius 2 is 2.12 bits per heavy atom. The van der Waals surface area contributed by atoms with Gasteiger partial charge in [-0.1, -0.05) is 23.4 Å². The molecule has 1 unspecified atom stereocenters. The van der Waals surface area contributed by atoms with Crippen LogP contribution in [0.4, 0.5) is 10.5 Å². The number of aromatic amines is 1. The minimum absolute atomic E-state index is 0.308. The van der Waals surface area contributed by atoms with Crippen LogP contribution in [-0.2, 0) is 0 Å². The third-order valence-corrected chi connectivity index (χ3v) is 2.13. The van der Waals surface area contributed by atoms with Gasteiger partial charge in [0.15, 0.2) is 5.82 Å². The summed E-state index contributed by atoms with van der Waals surface area (Å²) in [7, 11) is 0. The summed E-state index contributed by atoms with van der Waals surface area (Å²) in [6, 6.07) is 8.56. The molecule has 7 nitrogen and oxygen atoms in total. The first-order valence-electron chi connectivity index (χ1n) is 5.11. The van der Waals surface area contributed by atoms with E-state index in [2.05, 4.69) is 31.3 Å². The van der Waals surface area contributed by atoms with Crippen LogP contribution < -0.4 is 10.6 Å². The van der Waals surface area contributed by atoms with Crippen LogP contribution in [0.25, 0.3) is 0 Å². The number of anilines is 1. The highest BCUT2D eigenvalue weighted by Crippen LogP contribution is 2.07. The van der Waals surface area contributed by atoms with Gasteiger partial charge in [-0.25, -0.2) is 4.79 Å². The number of nitrogens with zero attached hydrogens (tertiary/aromatic N) is 3. The molecule has 17 heavy (non-hydrogen) atoms. The summed E-state index contributed by atoms with van der Waals surface area (Å²) in [5, 5.41) is 18.7. The molecule has 2 rings (SSSR count). The quantitative estimate of drug-likeness (QED) is 0.737. The van der Waals surface area contributed by atoms with Crippen LogP contribution >= 0.6 is 0 Å². The van der Waals surface area contributed by atoms with Crippen molar-refractivity contribution in [1.29, 1.82) is 0 Å². The molecule has 1 aromatic carbocycles. The highest BCUT2D eigenvalue weighted by molar-refractivity contribution is 5.89. The average molecular weight is 232 g/mol. The predicted molar refractivity (Wildman–Crippen MR) is 61.2 cm³/mol. The number of hydrogen-bond donors (Lipinski definition) is 3. The highest BCUT2D eigenvalue weighted by atomic mass is 16.2. The molecule has 0 spiro atoms. The third-order valence-electron chi connectivity index (χ3n) is 2.13. The fraction of sp³-hybridized carbons (Fsp3) is 0.200. The van der Waals surface area contributed by atoms with Gasteiger partial charge in [0.25, 0.3) is 0 Å². The van der Waals surface area contributed by atoms with E-state index in [0.717, 1.165) is 5.69 Å². The molecule has 0 aliphatic carbocycles. The van der Waals surface area contributed by atoms with E-state index in [1.807, 2.05) is 18.2 Å². The van der Waals surface area contributed by atoms with E-state index in [9.17, 15) is 4.79 Å². The smallest absolute Gasteiger partial charge is 0.319 e. The average Bonchev–Trinajstić information content (AvgIpc) is 2.83. The summed E-state index contributed by atoms with van der Waals surface area (Å²) in [5.74, 6) is 0.438. The Morgan fingerprint density at radius 1 is 1.35 bits per heavy atom. The van der Waals surface area contributed by atoms with E-state index >= 15 is 0 Å². The molecule has 0 fully saturated rings. The minimum atomic E-state index is -0.312. The molecule has 0 bridgehead atoms. The van der Waals surface area contributed by atoms with E-state index in [1.165, 1.54) is 0 Å². The van der Waals surface area contributed by atoms with Crippen molar-refractivity contribution in [3.8, 4) is 0 Å². The number of urea groups is 1. The first-order chi connectivity index (χ1) is 8.25. The Labute approximate surface area is 97.6 Å². The maximum atomic E-state index is 11.6. The van der Waals surface area contributed by atoms with Crippen LogP contribution in [0.1, 0.15) is 18.8 Å². The molecule has 1 heterocycles. The van der Waals surface area contributed by atoms with Gasteiger partial charge in [-0.15, -0.1) is 10.2 Å². The lowest BCUT2D eigenvalue weighted by molar-refractivity contribution is 0.249. The topological polar surface area (TPSA) is 95.6 Å². The Morgan fingerprint density at radius 3 is 2.76 bits per heavy atom. The van der Waals surface area contributed by atoms with Gasteiger partial charge in [-0.05, 0) is 19.1 Å². The summed E-state index contributed by atoms with van der Waals surface area (Å²) in [6.45, 7) is 1.77. The normalized spacial score (nSPS) is 11.8. The third kappa shape index (κ3) is 3.00. The number of rotatable bonds is 3. The molecule has 1 atom stereocenters. The van der Waals surface area contributed by atoms with Crippen molar-refractivity contribution >= 4 is 11.7 Å². The number of H-pyrrole nitrogens is 1. The maximum Gasteiger partial charge on any atom is 0.319 e. The van der Waals surface area contributed by atoms with Gasteiger partial charge < -0.3 is 10.6 Å². The van der Waals surface area contributed by atoms with Crippen LogP contribution in [0.3, 0.4) is 0 Å². The van der Waals surface area contributed by atoms with Crippen molar-refractivity contribution in [2.75, 3.05) is 5.32 Å². The molecule has 3 N–H and O–H groups in total. The lowest BCUT2D eigenvalue weighted by atomic mass is 10.3. The lowest BCUT2D eigenvalue weighted by Crippen LogP contribution is -2.31. The fourth-order valence-corrected chi connectivity index (χ4v) is 1.30. The maximum absolute atomic E-state index is 11.6. The highest BCUT2D eigenvalue weighted by Gasteiger charge is 2.12. The summed E-state index contributed by atoms with van der Waals surface area (Å²) in [4.78, 5) is 11.6. The van der Waals surface area contributed by atoms with Crippen LogP contribution in [0.2, 0.25) is 0 Å². The Bertz CT molecular complexity index is 469. The molecule has 2 amide bonds. The number of para-hydroxylation sites is 1. The molecule has 88 valence electrons. The molecule has 0 radical (unpaired) electrons. The van der Waals surface area contributed by atoms with Crippen molar-refractivity contribution in [2.45, 2.75) is 13.0 Å². The number of nitrogens with one attached hydrogen (secondary N) is 3. The second kappa shape index (κ2) is 5.06. The van der Waals surface area contributed by atoms with Crippen molar-refractivity contribution in [3.05, 3.63) is 36.2 Å². The van der Waals surface area contributed by atoms with Crippen LogP contribution in [-0.4, -0.2) is 26.7 Å². The summed E-state index contributed by atoms with van der Waals surface area (Å²) in [5.41, 5.74) is 0.727. The van der Waals surface area contributed by atoms with Crippen molar-refractivity contribution in [2.24, 2.45) is 0 Å². The van der Waals surface area contributed by atoms with E-state index in [0.29, 0.717) is 5.82 Å². The zero-order valence-electron chi connectivity index (χ0n) is 9.21. The van der Waals surface area contributed by atoms with Crippen LogP contribution in [0, 0.1) is 0 Å². The monoisotopic (exact) mass is 232 g/mol. The van der Waals surface area contributed by atoms with Gasteiger partial charge in [0.05, 0.1) is 6.04 Å². The van der Waals surface area contributed by atoms with Gasteiger partial charge in [-0.2, -0.15) is 5.21 Å². The largest absolute Gasteiger partial charge is 0.328 e. The molecular weight excluding hydrogens is 220 g/mol. The van der Waals surface area contributed by atoms with E-state index < -0.39 is 0 Å². The van der Waals surface area contributed by atoms with E-state index in [4.69, 9.17) is 0 Å². The minimum Gasteiger partial charge on any atom is -0.328 e. The van der Waals surface area contributed by atoms with Crippen molar-refractivity contribution < 1.29 is 4.79 Å². The second-order valence-corrected chi connectivity index (χ2v) is 3.46. The zero-order valence-corrected chi connectivity index (χ0v) is 9.21. The number of amides is 2. The molecule has 7 heteroatoms. The fourth-order valence-electron chi connectivity index (χ4n) is 1.30. The summed E-state index contributed by atoms with van der Waals surface area (Å²) >= 11 is 0. The number of carbonyl (C=O) groups excluding carboxylic acids is 1. The van der Waals surface area contributed by atoms with Gasteiger partial charge >= 0.3 is 6.03 Å². The predicted octanol–water partition coefficient (Wildman–Crippen LogP) is 1.08. The molecule has 0 aliphatic heterocycles. The van der Waals surface area contributed by atoms with E-state index in [-0.39, 0.29) is 12.1 Å². The van der Waals surface area contributed by atoms with Gasteiger partial charge in [0.1, 0.15) is 0 Å². The van der Waals surface area contributed by atoms with Gasteiger partial charge in [0, 0.05) is 5.69 Å². The van der Waals surface area contributed by atoms with Crippen molar-refractivity contribution in [3.63, 3.8) is 0 Å². The standard InChI is InChI=1S/C10H12N6O/c1-7(9-13-15-16-14-9)11-10(17)12-8-5-3-2-4-6-8/h2-7H,1H3,(H2,11,12,17)(H,13,14,15,16). The molecule has 2 aromatic rings. The Balaban J connectivity index is 1.90. The first-order valence-corrected chi connectivity index (χ1v) is 5.11. The second-order valence-electron chi connectivity index (χ2n) is 3.46.